The Hall–Kier alpha value is -3.46. The Morgan fingerprint density at radius 1 is 1.18 bits per heavy atom. The van der Waals surface area contributed by atoms with E-state index in [1.165, 1.54) is 9.47 Å². The zero-order valence-electron chi connectivity index (χ0n) is 19.9. The van der Waals surface area contributed by atoms with Gasteiger partial charge in [-0.15, -0.1) is 0 Å². The number of aryl methyl sites for hydroxylation is 1. The first-order valence-electron chi connectivity index (χ1n) is 10.6. The first kappa shape index (κ1) is 24.2. The number of hydrogen-bond donors (Lipinski definition) is 2. The first-order chi connectivity index (χ1) is 15.6. The molecular weight excluding hydrogens is 426 g/mol. The molecule has 0 aliphatic rings. The van der Waals surface area contributed by atoms with E-state index in [1.54, 1.807) is 39.6 Å². The minimum Gasteiger partial charge on any atom is -0.493 e. The number of hydrogen-bond acceptors (Lipinski definition) is 6. The lowest BCUT2D eigenvalue weighted by Crippen LogP contribution is -2.47. The number of fused-ring (bicyclic) bond motifs is 1. The number of carboxylic acid groups (broad SMARTS) is 1. The third kappa shape index (κ3) is 5.14. The molecule has 0 spiro atoms. The second-order valence-electron chi connectivity index (χ2n) is 8.77. The molecule has 0 atom stereocenters. The fourth-order valence-corrected chi connectivity index (χ4v) is 3.72. The van der Waals surface area contributed by atoms with Crippen LogP contribution in [0.1, 0.15) is 26.5 Å². The summed E-state index contributed by atoms with van der Waals surface area (Å²) in [6, 6.07) is 7.26. The van der Waals surface area contributed by atoms with Gasteiger partial charge in [-0.2, -0.15) is 0 Å². The molecule has 3 rings (SSSR count). The average Bonchev–Trinajstić information content (AvgIpc) is 3.18. The van der Waals surface area contributed by atoms with Crippen LogP contribution in [0.3, 0.4) is 0 Å². The Morgan fingerprint density at radius 3 is 2.48 bits per heavy atom. The lowest BCUT2D eigenvalue weighted by atomic mass is 10.1. The summed E-state index contributed by atoms with van der Waals surface area (Å²) >= 11 is 0. The number of amides is 1. The van der Waals surface area contributed by atoms with Gasteiger partial charge < -0.3 is 33.8 Å². The zero-order valence-corrected chi connectivity index (χ0v) is 19.9. The summed E-state index contributed by atoms with van der Waals surface area (Å²) in [5.41, 5.74) is 1.42. The average molecular weight is 458 g/mol. The number of nitrogens with zero attached hydrogens (tertiary/aromatic N) is 2. The van der Waals surface area contributed by atoms with E-state index < -0.39 is 11.6 Å². The van der Waals surface area contributed by atoms with E-state index in [2.05, 4.69) is 5.32 Å². The van der Waals surface area contributed by atoms with Crippen molar-refractivity contribution in [3.63, 3.8) is 0 Å². The van der Waals surface area contributed by atoms with Crippen LogP contribution in [0, 0.1) is 0 Å². The monoisotopic (exact) mass is 457 g/mol. The Morgan fingerprint density at radius 2 is 1.88 bits per heavy atom. The van der Waals surface area contributed by atoms with Crippen LogP contribution < -0.4 is 20.3 Å². The van der Waals surface area contributed by atoms with Crippen LogP contribution >= 0.6 is 0 Å². The number of nitrogens with one attached hydrogen (secondary N) is 1. The highest BCUT2D eigenvalue weighted by Gasteiger charge is 2.25. The highest BCUT2D eigenvalue weighted by Crippen LogP contribution is 2.35. The molecule has 0 fully saturated rings. The fraction of sp³-hybridized carbons (Fsp3) is 0.417. The smallest absolute Gasteiger partial charge is 0.407 e. The molecule has 0 unspecified atom stereocenters. The predicted molar refractivity (Wildman–Crippen MR) is 126 cm³/mol. The van der Waals surface area contributed by atoms with Gasteiger partial charge in [-0.1, -0.05) is 6.07 Å². The summed E-state index contributed by atoms with van der Waals surface area (Å²) in [5.74, 6) is 1.78. The molecule has 33 heavy (non-hydrogen) atoms. The second kappa shape index (κ2) is 9.58. The second-order valence-corrected chi connectivity index (χ2v) is 8.77. The van der Waals surface area contributed by atoms with Crippen molar-refractivity contribution in [1.82, 2.24) is 14.8 Å². The third-order valence-corrected chi connectivity index (χ3v) is 5.45. The van der Waals surface area contributed by atoms with Crippen molar-refractivity contribution < 1.29 is 23.8 Å². The molecule has 2 heterocycles. The van der Waals surface area contributed by atoms with Gasteiger partial charge in [-0.05, 0) is 44.5 Å². The molecule has 3 aromatic rings. The van der Waals surface area contributed by atoms with Gasteiger partial charge in [0.05, 0.1) is 26.2 Å². The van der Waals surface area contributed by atoms with Crippen molar-refractivity contribution in [2.45, 2.75) is 32.9 Å². The summed E-state index contributed by atoms with van der Waals surface area (Å²) < 4.78 is 18.3. The van der Waals surface area contributed by atoms with Gasteiger partial charge in [-0.25, -0.2) is 4.79 Å². The van der Waals surface area contributed by atoms with Crippen molar-refractivity contribution in [3.05, 3.63) is 46.6 Å². The zero-order chi connectivity index (χ0) is 24.3. The molecule has 0 saturated carbocycles. The normalized spacial score (nSPS) is 11.6. The minimum absolute atomic E-state index is 0.158. The van der Waals surface area contributed by atoms with E-state index in [0.717, 1.165) is 11.1 Å². The van der Waals surface area contributed by atoms with Gasteiger partial charge in [0, 0.05) is 37.4 Å². The standard InChI is InChI=1S/C24H31N3O6/c1-24(2,3)27(23(29)30)10-9-25-13-16-12-17-21(33-16)18(14-26(4)22(17)28)15-7-8-19(31-5)20(11-15)32-6/h7-8,11-12,14,25H,9-10,13H2,1-6H3,(H,29,30). The van der Waals surface area contributed by atoms with Crippen LogP contribution in [0.5, 0.6) is 11.5 Å². The third-order valence-electron chi connectivity index (χ3n) is 5.45. The number of aromatic nitrogens is 1. The number of methoxy groups -OCH3 is 2. The van der Waals surface area contributed by atoms with Crippen LogP contribution in [0.15, 0.2) is 39.7 Å². The topological polar surface area (TPSA) is 106 Å². The molecular formula is C24H31N3O6. The summed E-state index contributed by atoms with van der Waals surface area (Å²) in [5, 5.41) is 13.1. The predicted octanol–water partition coefficient (Wildman–Crippen LogP) is 3.68. The van der Waals surface area contributed by atoms with Crippen molar-refractivity contribution >= 4 is 17.1 Å². The van der Waals surface area contributed by atoms with Gasteiger partial charge in [0.15, 0.2) is 11.5 Å². The molecule has 2 N–H and O–H groups in total. The number of ether oxygens (including phenoxy) is 2. The van der Waals surface area contributed by atoms with Gasteiger partial charge >= 0.3 is 6.09 Å². The highest BCUT2D eigenvalue weighted by atomic mass is 16.5. The van der Waals surface area contributed by atoms with Crippen molar-refractivity contribution in [3.8, 4) is 22.6 Å². The molecule has 1 aromatic carbocycles. The van der Waals surface area contributed by atoms with E-state index in [9.17, 15) is 14.7 Å². The van der Waals surface area contributed by atoms with E-state index >= 15 is 0 Å². The lowest BCUT2D eigenvalue weighted by Gasteiger charge is -2.33. The quantitative estimate of drug-likeness (QED) is 0.497. The highest BCUT2D eigenvalue weighted by molar-refractivity contribution is 5.92. The number of carbonyl (C=O) groups is 1. The van der Waals surface area contributed by atoms with E-state index in [1.807, 2.05) is 32.9 Å². The number of furan rings is 1. The van der Waals surface area contributed by atoms with Gasteiger partial charge in [0.1, 0.15) is 11.3 Å². The number of rotatable bonds is 8. The molecule has 9 heteroatoms. The van der Waals surface area contributed by atoms with E-state index in [4.69, 9.17) is 13.9 Å². The Kier molecular flexibility index (Phi) is 7.02. The van der Waals surface area contributed by atoms with Crippen LogP contribution in [-0.2, 0) is 13.6 Å². The van der Waals surface area contributed by atoms with Gasteiger partial charge in [-0.3, -0.25) is 4.79 Å². The lowest BCUT2D eigenvalue weighted by molar-refractivity contribution is 0.101. The van der Waals surface area contributed by atoms with E-state index in [0.29, 0.717) is 47.9 Å². The minimum atomic E-state index is -0.962. The Balaban J connectivity index is 1.87. The molecule has 0 aliphatic carbocycles. The maximum Gasteiger partial charge on any atom is 0.407 e. The Labute approximate surface area is 192 Å². The maximum absolute atomic E-state index is 12.7. The van der Waals surface area contributed by atoms with Crippen LogP contribution in [0.25, 0.3) is 22.1 Å². The summed E-state index contributed by atoms with van der Waals surface area (Å²) in [4.78, 5) is 25.6. The van der Waals surface area contributed by atoms with Crippen LogP contribution in [-0.4, -0.2) is 53.5 Å². The Bertz CT molecular complexity index is 1210. The largest absolute Gasteiger partial charge is 0.493 e. The first-order valence-corrected chi connectivity index (χ1v) is 10.6. The molecule has 0 aliphatic heterocycles. The molecule has 0 bridgehead atoms. The molecule has 178 valence electrons. The van der Waals surface area contributed by atoms with Crippen LogP contribution in [0.2, 0.25) is 0 Å². The van der Waals surface area contributed by atoms with Gasteiger partial charge in [0.2, 0.25) is 0 Å². The molecule has 1 amide bonds. The molecule has 9 nitrogen and oxygen atoms in total. The van der Waals surface area contributed by atoms with Crippen molar-refractivity contribution in [2.24, 2.45) is 7.05 Å². The number of benzene rings is 1. The molecule has 0 radical (unpaired) electrons. The summed E-state index contributed by atoms with van der Waals surface area (Å²) in [7, 11) is 4.84. The van der Waals surface area contributed by atoms with E-state index in [-0.39, 0.29) is 5.56 Å². The maximum atomic E-state index is 12.7. The SMILES string of the molecule is COc1ccc(-c2cn(C)c(=O)c3cc(CNCCN(C(=O)O)C(C)(C)C)oc23)cc1OC. The summed E-state index contributed by atoms with van der Waals surface area (Å²) in [6.07, 6.45) is 0.775. The van der Waals surface area contributed by atoms with Crippen molar-refractivity contribution in [1.29, 1.82) is 0 Å². The van der Waals surface area contributed by atoms with Gasteiger partial charge in [0.25, 0.3) is 5.56 Å². The van der Waals surface area contributed by atoms with Crippen molar-refractivity contribution in [2.75, 3.05) is 27.3 Å². The van der Waals surface area contributed by atoms with Crippen LogP contribution in [0.4, 0.5) is 4.79 Å². The summed E-state index contributed by atoms with van der Waals surface area (Å²) in [6.45, 7) is 6.70. The molecule has 0 saturated heterocycles. The fourth-order valence-electron chi connectivity index (χ4n) is 3.72. The number of pyridine rings is 1. The molecule has 2 aromatic heterocycles.